The molecule has 0 aliphatic carbocycles. The Morgan fingerprint density at radius 1 is 1.10 bits per heavy atom. The summed E-state index contributed by atoms with van der Waals surface area (Å²) in [6, 6.07) is 17.6. The second-order valence-corrected chi connectivity index (χ2v) is 8.22. The SMILES string of the molecule is CC(c1ccccc1)N1CCC(NC(=O)c2ccc(NC(=O)c3ccco3)s2)C1. The number of furan rings is 1. The summed E-state index contributed by atoms with van der Waals surface area (Å²) >= 11 is 1.25. The second-order valence-electron chi connectivity index (χ2n) is 7.14. The molecule has 0 saturated carbocycles. The van der Waals surface area contributed by atoms with Crippen molar-refractivity contribution in [2.75, 3.05) is 18.4 Å². The van der Waals surface area contributed by atoms with E-state index in [-0.39, 0.29) is 23.6 Å². The maximum atomic E-state index is 12.6. The van der Waals surface area contributed by atoms with Gasteiger partial charge in [0.1, 0.15) is 0 Å². The van der Waals surface area contributed by atoms with E-state index in [1.54, 1.807) is 24.3 Å². The standard InChI is InChI=1S/C22H23N3O3S/c1-15(16-6-3-2-4-7-16)25-12-11-17(14-25)23-22(27)19-9-10-20(29-19)24-21(26)18-8-5-13-28-18/h2-10,13,15,17H,11-12,14H2,1H3,(H,23,27)(H,24,26). The van der Waals surface area contributed by atoms with Gasteiger partial charge < -0.3 is 15.1 Å². The van der Waals surface area contributed by atoms with Crippen LogP contribution in [-0.2, 0) is 0 Å². The van der Waals surface area contributed by atoms with Crippen molar-refractivity contribution >= 4 is 28.2 Å². The number of carbonyl (C=O) groups excluding carboxylic acids is 2. The summed E-state index contributed by atoms with van der Waals surface area (Å²) in [5, 5.41) is 6.49. The van der Waals surface area contributed by atoms with Crippen molar-refractivity contribution in [2.24, 2.45) is 0 Å². The molecule has 4 rings (SSSR count). The van der Waals surface area contributed by atoms with E-state index in [0.29, 0.717) is 15.9 Å². The predicted octanol–water partition coefficient (Wildman–Crippen LogP) is 4.16. The summed E-state index contributed by atoms with van der Waals surface area (Å²) in [5.74, 6) is -0.194. The Kier molecular flexibility index (Phi) is 5.78. The number of benzene rings is 1. The normalized spacial score (nSPS) is 17.8. The van der Waals surface area contributed by atoms with Crippen molar-refractivity contribution in [3.8, 4) is 0 Å². The molecule has 1 aromatic carbocycles. The van der Waals surface area contributed by atoms with Crippen molar-refractivity contribution in [1.29, 1.82) is 0 Å². The zero-order valence-corrected chi connectivity index (χ0v) is 16.9. The number of hydrogen-bond acceptors (Lipinski definition) is 5. The van der Waals surface area contributed by atoms with Crippen LogP contribution in [0.15, 0.2) is 65.3 Å². The van der Waals surface area contributed by atoms with Gasteiger partial charge >= 0.3 is 0 Å². The van der Waals surface area contributed by atoms with Gasteiger partial charge in [-0.1, -0.05) is 30.3 Å². The number of nitrogens with one attached hydrogen (secondary N) is 2. The molecule has 6 nitrogen and oxygen atoms in total. The number of rotatable bonds is 6. The first-order valence-electron chi connectivity index (χ1n) is 9.64. The highest BCUT2D eigenvalue weighted by molar-refractivity contribution is 7.18. The van der Waals surface area contributed by atoms with Crippen LogP contribution in [0.5, 0.6) is 0 Å². The third-order valence-electron chi connectivity index (χ3n) is 5.20. The molecular weight excluding hydrogens is 386 g/mol. The van der Waals surface area contributed by atoms with Gasteiger partial charge in [0.25, 0.3) is 11.8 Å². The number of anilines is 1. The van der Waals surface area contributed by atoms with Gasteiger partial charge in [-0.2, -0.15) is 0 Å². The van der Waals surface area contributed by atoms with Crippen LogP contribution in [-0.4, -0.2) is 35.8 Å². The quantitative estimate of drug-likeness (QED) is 0.641. The van der Waals surface area contributed by atoms with Gasteiger partial charge in [-0.15, -0.1) is 11.3 Å². The average Bonchev–Trinajstić information content (AvgIpc) is 3.49. The summed E-state index contributed by atoms with van der Waals surface area (Å²) in [7, 11) is 0. The van der Waals surface area contributed by atoms with Gasteiger partial charge in [0, 0.05) is 25.2 Å². The summed E-state index contributed by atoms with van der Waals surface area (Å²) in [6.45, 7) is 3.98. The maximum absolute atomic E-state index is 12.6. The molecule has 3 aromatic rings. The lowest BCUT2D eigenvalue weighted by molar-refractivity contribution is 0.0939. The summed E-state index contributed by atoms with van der Waals surface area (Å²) < 4.78 is 5.08. The highest BCUT2D eigenvalue weighted by Crippen LogP contribution is 2.26. The molecule has 0 bridgehead atoms. The number of likely N-dealkylation sites (tertiary alicyclic amines) is 1. The lowest BCUT2D eigenvalue weighted by atomic mass is 10.1. The molecule has 1 aliphatic heterocycles. The average molecular weight is 410 g/mol. The molecule has 1 aliphatic rings. The summed E-state index contributed by atoms with van der Waals surface area (Å²) in [5.41, 5.74) is 1.29. The Labute approximate surface area is 173 Å². The van der Waals surface area contributed by atoms with Crippen LogP contribution < -0.4 is 10.6 Å². The molecule has 2 aromatic heterocycles. The Morgan fingerprint density at radius 3 is 2.69 bits per heavy atom. The Balaban J connectivity index is 1.31. The van der Waals surface area contributed by atoms with Crippen molar-refractivity contribution < 1.29 is 14.0 Å². The summed E-state index contributed by atoms with van der Waals surface area (Å²) in [6.07, 6.45) is 2.38. The van der Waals surface area contributed by atoms with Crippen molar-refractivity contribution in [2.45, 2.75) is 25.4 Å². The fourth-order valence-electron chi connectivity index (χ4n) is 3.56. The smallest absolute Gasteiger partial charge is 0.291 e. The Bertz CT molecular complexity index is 968. The second kappa shape index (κ2) is 8.63. The molecular formula is C22H23N3O3S. The van der Waals surface area contributed by atoms with E-state index in [1.807, 2.05) is 6.07 Å². The van der Waals surface area contributed by atoms with E-state index in [0.717, 1.165) is 19.5 Å². The van der Waals surface area contributed by atoms with Crippen LogP contribution in [0.2, 0.25) is 0 Å². The van der Waals surface area contributed by atoms with E-state index in [2.05, 4.69) is 46.7 Å². The molecule has 2 N–H and O–H groups in total. The van der Waals surface area contributed by atoms with Gasteiger partial charge in [-0.25, -0.2) is 0 Å². The lowest BCUT2D eigenvalue weighted by Gasteiger charge is -2.24. The zero-order valence-electron chi connectivity index (χ0n) is 16.1. The molecule has 3 heterocycles. The molecule has 7 heteroatoms. The van der Waals surface area contributed by atoms with Crippen LogP contribution >= 0.6 is 11.3 Å². The van der Waals surface area contributed by atoms with Crippen molar-refractivity contribution in [3.63, 3.8) is 0 Å². The first-order valence-corrected chi connectivity index (χ1v) is 10.5. The topological polar surface area (TPSA) is 74.6 Å². The molecule has 2 unspecified atom stereocenters. The number of amides is 2. The number of thiophene rings is 1. The molecule has 2 amide bonds. The third kappa shape index (κ3) is 4.58. The number of carbonyl (C=O) groups is 2. The fourth-order valence-corrected chi connectivity index (χ4v) is 4.37. The number of nitrogens with zero attached hydrogens (tertiary/aromatic N) is 1. The first kappa shape index (κ1) is 19.4. The fraction of sp³-hybridized carbons (Fsp3) is 0.273. The maximum Gasteiger partial charge on any atom is 0.291 e. The minimum absolute atomic E-state index is 0.104. The monoisotopic (exact) mass is 409 g/mol. The molecule has 1 fully saturated rings. The van der Waals surface area contributed by atoms with Crippen LogP contribution in [0.3, 0.4) is 0 Å². The van der Waals surface area contributed by atoms with E-state index in [9.17, 15) is 9.59 Å². The highest BCUT2D eigenvalue weighted by atomic mass is 32.1. The zero-order chi connectivity index (χ0) is 20.2. The van der Waals surface area contributed by atoms with Gasteiger partial charge in [0.15, 0.2) is 5.76 Å². The van der Waals surface area contributed by atoms with Crippen LogP contribution in [0.1, 0.15) is 45.2 Å². The van der Waals surface area contributed by atoms with E-state index >= 15 is 0 Å². The van der Waals surface area contributed by atoms with Crippen LogP contribution in [0, 0.1) is 0 Å². The lowest BCUT2D eigenvalue weighted by Crippen LogP contribution is -2.37. The van der Waals surface area contributed by atoms with E-state index < -0.39 is 0 Å². The third-order valence-corrected chi connectivity index (χ3v) is 6.20. The molecule has 0 spiro atoms. The van der Waals surface area contributed by atoms with Crippen LogP contribution in [0.4, 0.5) is 5.00 Å². The molecule has 2 atom stereocenters. The predicted molar refractivity (Wildman–Crippen MR) is 113 cm³/mol. The van der Waals surface area contributed by atoms with Gasteiger partial charge in [-0.3, -0.25) is 14.5 Å². The largest absolute Gasteiger partial charge is 0.459 e. The minimum Gasteiger partial charge on any atom is -0.459 e. The van der Waals surface area contributed by atoms with Crippen molar-refractivity contribution in [3.05, 3.63) is 77.1 Å². The molecule has 1 saturated heterocycles. The Morgan fingerprint density at radius 2 is 1.93 bits per heavy atom. The minimum atomic E-state index is -0.329. The van der Waals surface area contributed by atoms with Gasteiger partial charge in [0.2, 0.25) is 0 Å². The highest BCUT2D eigenvalue weighted by Gasteiger charge is 2.28. The first-order chi connectivity index (χ1) is 14.1. The van der Waals surface area contributed by atoms with Crippen LogP contribution in [0.25, 0.3) is 0 Å². The Hall–Kier alpha value is -2.90. The van der Waals surface area contributed by atoms with Gasteiger partial charge in [0.05, 0.1) is 16.1 Å². The van der Waals surface area contributed by atoms with Gasteiger partial charge in [-0.05, 0) is 43.2 Å². The summed E-state index contributed by atoms with van der Waals surface area (Å²) in [4.78, 5) is 27.6. The molecule has 0 radical (unpaired) electrons. The molecule has 29 heavy (non-hydrogen) atoms. The van der Waals surface area contributed by atoms with Crippen molar-refractivity contribution in [1.82, 2.24) is 10.2 Å². The van der Waals surface area contributed by atoms with E-state index in [1.165, 1.54) is 23.2 Å². The van der Waals surface area contributed by atoms with E-state index in [4.69, 9.17) is 4.42 Å². The number of hydrogen-bond donors (Lipinski definition) is 2. The molecule has 150 valence electrons.